The van der Waals surface area contributed by atoms with Gasteiger partial charge in [-0.2, -0.15) is 0 Å². The number of carbonyl (C=O) groups excluding carboxylic acids is 1. The molecular weight excluding hydrogens is 536 g/mol. The molecule has 41 heavy (non-hydrogen) atoms. The molecule has 206 valence electrons. The Labute approximate surface area is 242 Å². The van der Waals surface area contributed by atoms with Crippen LogP contribution in [0, 0.1) is 17.0 Å². The van der Waals surface area contributed by atoms with Gasteiger partial charge in [-0.05, 0) is 43.7 Å². The van der Waals surface area contributed by atoms with Gasteiger partial charge in [0.15, 0.2) is 5.66 Å². The van der Waals surface area contributed by atoms with E-state index in [1.165, 1.54) is 0 Å². The number of amidine groups is 1. The van der Waals surface area contributed by atoms with Crippen LogP contribution in [0.25, 0.3) is 0 Å². The van der Waals surface area contributed by atoms with Crippen LogP contribution in [-0.4, -0.2) is 23.3 Å². The topological polar surface area (TPSA) is 88.3 Å². The molecule has 2 aliphatic heterocycles. The summed E-state index contributed by atoms with van der Waals surface area (Å²) in [6.45, 7) is 4.03. The molecule has 8 nitrogen and oxygen atoms in total. The summed E-state index contributed by atoms with van der Waals surface area (Å²) in [5.41, 5.74) is 3.77. The summed E-state index contributed by atoms with van der Waals surface area (Å²) in [7, 11) is 0. The largest absolute Gasteiger partial charge is 0.460 e. The SMILES string of the molecule is CCOC(=O)C1=NN(c2ccc(C)cc2)C2(c3ccccc3)CC(c3ccc([N+](=O)[O-])cc3)Sc3ccccc3N12. The van der Waals surface area contributed by atoms with Gasteiger partial charge in [0.05, 0.1) is 22.9 Å². The predicted octanol–water partition coefficient (Wildman–Crippen LogP) is 7.20. The average molecular weight is 565 g/mol. The number of carbonyl (C=O) groups is 1. The van der Waals surface area contributed by atoms with Gasteiger partial charge in [-0.3, -0.25) is 15.0 Å². The highest BCUT2D eigenvalue weighted by atomic mass is 32.2. The van der Waals surface area contributed by atoms with E-state index in [1.807, 2.05) is 95.7 Å². The number of thioether (sulfide) groups is 1. The van der Waals surface area contributed by atoms with Crippen LogP contribution in [0.1, 0.15) is 35.3 Å². The van der Waals surface area contributed by atoms with E-state index in [4.69, 9.17) is 9.84 Å². The molecule has 0 amide bonds. The van der Waals surface area contributed by atoms with E-state index in [-0.39, 0.29) is 28.3 Å². The second-order valence-corrected chi connectivity index (χ2v) is 11.2. The van der Waals surface area contributed by atoms with Crippen LogP contribution >= 0.6 is 11.8 Å². The first-order valence-electron chi connectivity index (χ1n) is 13.4. The minimum Gasteiger partial charge on any atom is -0.460 e. The van der Waals surface area contributed by atoms with Crippen molar-refractivity contribution in [1.29, 1.82) is 0 Å². The summed E-state index contributed by atoms with van der Waals surface area (Å²) < 4.78 is 5.55. The third kappa shape index (κ3) is 4.62. The fourth-order valence-corrected chi connectivity index (χ4v) is 6.89. The smallest absolute Gasteiger partial charge is 0.376 e. The zero-order chi connectivity index (χ0) is 28.6. The van der Waals surface area contributed by atoms with Gasteiger partial charge in [0.2, 0.25) is 5.84 Å². The first-order chi connectivity index (χ1) is 19.9. The Kier molecular flexibility index (Phi) is 6.96. The van der Waals surface area contributed by atoms with Crippen LogP contribution in [0.3, 0.4) is 0 Å². The number of fused-ring (bicyclic) bond motifs is 3. The Morgan fingerprint density at radius 2 is 1.68 bits per heavy atom. The van der Waals surface area contributed by atoms with Crippen molar-refractivity contribution in [3.63, 3.8) is 0 Å². The number of esters is 1. The molecule has 0 aliphatic carbocycles. The molecule has 2 unspecified atom stereocenters. The Bertz CT molecular complexity index is 1630. The maximum atomic E-state index is 13.6. The molecule has 0 bridgehead atoms. The Hall–Kier alpha value is -4.63. The molecule has 2 heterocycles. The van der Waals surface area contributed by atoms with E-state index in [9.17, 15) is 14.9 Å². The minimum absolute atomic E-state index is 0.0438. The molecule has 4 aromatic carbocycles. The van der Waals surface area contributed by atoms with Crippen molar-refractivity contribution in [2.24, 2.45) is 5.10 Å². The molecule has 4 aromatic rings. The molecule has 2 aliphatic rings. The third-order valence-corrected chi connectivity index (χ3v) is 8.74. The van der Waals surface area contributed by atoms with Crippen molar-refractivity contribution in [2.75, 3.05) is 16.5 Å². The Morgan fingerprint density at radius 3 is 2.37 bits per heavy atom. The molecule has 0 saturated heterocycles. The summed E-state index contributed by atoms with van der Waals surface area (Å²) in [5, 5.41) is 18.2. The fraction of sp³-hybridized carbons (Fsp3) is 0.188. The van der Waals surface area contributed by atoms with Crippen molar-refractivity contribution >= 4 is 40.6 Å². The lowest BCUT2D eigenvalue weighted by molar-refractivity contribution is -0.384. The van der Waals surface area contributed by atoms with Crippen molar-refractivity contribution < 1.29 is 14.5 Å². The van der Waals surface area contributed by atoms with Crippen molar-refractivity contribution in [2.45, 2.75) is 36.1 Å². The maximum Gasteiger partial charge on any atom is 0.376 e. The quantitative estimate of drug-likeness (QED) is 0.139. The number of rotatable bonds is 6. The van der Waals surface area contributed by atoms with E-state index in [0.717, 1.165) is 33.0 Å². The number of non-ortho nitro benzene ring substituents is 1. The fourth-order valence-electron chi connectivity index (χ4n) is 5.53. The lowest BCUT2D eigenvalue weighted by Crippen LogP contribution is -2.55. The number of nitrogens with zero attached hydrogens (tertiary/aromatic N) is 4. The molecule has 6 rings (SSSR count). The lowest BCUT2D eigenvalue weighted by atomic mass is 9.88. The van der Waals surface area contributed by atoms with E-state index in [1.54, 1.807) is 30.8 Å². The molecule has 2 atom stereocenters. The second kappa shape index (κ2) is 10.7. The number of nitro benzene ring substituents is 1. The summed E-state index contributed by atoms with van der Waals surface area (Å²) in [6.07, 6.45) is 0.508. The summed E-state index contributed by atoms with van der Waals surface area (Å²) in [5.74, 6) is -0.301. The first-order valence-corrected chi connectivity index (χ1v) is 14.3. The van der Waals surface area contributed by atoms with E-state index < -0.39 is 11.6 Å². The Balaban J connectivity index is 1.63. The van der Waals surface area contributed by atoms with Crippen LogP contribution in [0.2, 0.25) is 0 Å². The second-order valence-electron chi connectivity index (χ2n) is 9.94. The monoisotopic (exact) mass is 564 g/mol. The molecule has 0 N–H and O–H groups in total. The molecule has 0 spiro atoms. The van der Waals surface area contributed by atoms with E-state index in [2.05, 4.69) is 12.1 Å². The predicted molar refractivity (Wildman–Crippen MR) is 161 cm³/mol. The Morgan fingerprint density at radius 1 is 1.00 bits per heavy atom. The molecule has 0 fully saturated rings. The van der Waals surface area contributed by atoms with Gasteiger partial charge in [0.25, 0.3) is 5.69 Å². The summed E-state index contributed by atoms with van der Waals surface area (Å²) >= 11 is 1.68. The minimum atomic E-state index is -0.954. The average Bonchev–Trinajstić information content (AvgIpc) is 3.25. The van der Waals surface area contributed by atoms with Gasteiger partial charge in [-0.25, -0.2) is 9.80 Å². The van der Waals surface area contributed by atoms with Gasteiger partial charge >= 0.3 is 5.97 Å². The third-order valence-electron chi connectivity index (χ3n) is 7.42. The van der Waals surface area contributed by atoms with Crippen molar-refractivity contribution in [3.05, 3.63) is 130 Å². The van der Waals surface area contributed by atoms with Crippen LogP contribution in [0.5, 0.6) is 0 Å². The number of benzene rings is 4. The van der Waals surface area contributed by atoms with E-state index in [0.29, 0.717) is 6.42 Å². The molecular formula is C32H28N4O4S. The summed E-state index contributed by atoms with van der Waals surface area (Å²) in [6, 6.07) is 32.9. The number of nitro groups is 1. The highest BCUT2D eigenvalue weighted by molar-refractivity contribution is 7.99. The molecule has 9 heteroatoms. The molecule has 0 aromatic heterocycles. The van der Waals surface area contributed by atoms with Crippen molar-refractivity contribution in [1.82, 2.24) is 0 Å². The molecule has 0 saturated carbocycles. The summed E-state index contributed by atoms with van der Waals surface area (Å²) in [4.78, 5) is 27.6. The highest BCUT2D eigenvalue weighted by Gasteiger charge is 2.56. The van der Waals surface area contributed by atoms with Crippen LogP contribution in [0.4, 0.5) is 17.1 Å². The molecule has 0 radical (unpaired) electrons. The number of aryl methyl sites for hydroxylation is 1. The maximum absolute atomic E-state index is 13.6. The first kappa shape index (κ1) is 26.6. The number of ether oxygens (including phenoxy) is 1. The van der Waals surface area contributed by atoms with Gasteiger partial charge in [-0.1, -0.05) is 72.3 Å². The van der Waals surface area contributed by atoms with Crippen LogP contribution in [0.15, 0.2) is 113 Å². The van der Waals surface area contributed by atoms with Crippen LogP contribution in [-0.2, 0) is 15.2 Å². The standard InChI is InChI=1S/C32H28N4O4S/c1-3-40-31(37)30-33-35(25-17-13-22(2)14-18-25)32(24-9-5-4-6-10-24)21-29(23-15-19-26(20-16-23)36(38)39)41-28-12-8-7-11-27(28)34(30)32/h4-20,29H,3,21H2,1-2H3. The number of hydrogen-bond acceptors (Lipinski definition) is 8. The van der Waals surface area contributed by atoms with Gasteiger partial charge in [-0.15, -0.1) is 16.9 Å². The van der Waals surface area contributed by atoms with Gasteiger partial charge in [0, 0.05) is 34.3 Å². The zero-order valence-corrected chi connectivity index (χ0v) is 23.5. The number of anilines is 2. The highest BCUT2D eigenvalue weighted by Crippen LogP contribution is 2.57. The van der Waals surface area contributed by atoms with Crippen LogP contribution < -0.4 is 9.91 Å². The number of hydrogen-bond donors (Lipinski definition) is 0. The number of para-hydroxylation sites is 1. The van der Waals surface area contributed by atoms with Gasteiger partial charge < -0.3 is 4.74 Å². The van der Waals surface area contributed by atoms with Gasteiger partial charge in [0.1, 0.15) is 0 Å². The van der Waals surface area contributed by atoms with E-state index >= 15 is 0 Å². The number of hydrazone groups is 1. The zero-order valence-electron chi connectivity index (χ0n) is 22.6. The lowest BCUT2D eigenvalue weighted by Gasteiger charge is -2.45. The normalized spacial score (nSPS) is 19.6. The van der Waals surface area contributed by atoms with Crippen molar-refractivity contribution in [3.8, 4) is 0 Å².